The van der Waals surface area contributed by atoms with Crippen LogP contribution in [0.4, 0.5) is 5.69 Å². The second-order valence-electron chi connectivity index (χ2n) is 6.20. The van der Waals surface area contributed by atoms with Crippen molar-refractivity contribution in [2.75, 3.05) is 32.1 Å². The van der Waals surface area contributed by atoms with Gasteiger partial charge in [-0.3, -0.25) is 4.79 Å². The minimum atomic E-state index is -0.264. The summed E-state index contributed by atoms with van der Waals surface area (Å²) in [6.07, 6.45) is 0.931. The average molecular weight is 342 g/mol. The molecule has 3 rings (SSSR count). The molecule has 0 spiro atoms. The lowest BCUT2D eigenvalue weighted by molar-refractivity contribution is -0.118. The summed E-state index contributed by atoms with van der Waals surface area (Å²) in [4.78, 5) is 18.2. The number of carbonyl (C=O) groups excluding carboxylic acids is 1. The Hall–Kier alpha value is -1.98. The molecule has 0 bridgehead atoms. The van der Waals surface area contributed by atoms with Gasteiger partial charge in [-0.25, -0.2) is 0 Å². The number of hydrogen-bond acceptors (Lipinski definition) is 4. The first-order valence-electron chi connectivity index (χ1n) is 8.07. The van der Waals surface area contributed by atoms with E-state index < -0.39 is 0 Å². The van der Waals surface area contributed by atoms with E-state index >= 15 is 0 Å². The lowest BCUT2D eigenvalue weighted by Gasteiger charge is -2.34. The molecule has 0 aliphatic carbocycles. The van der Waals surface area contributed by atoms with Gasteiger partial charge in [-0.05, 0) is 56.9 Å². The van der Waals surface area contributed by atoms with E-state index in [4.69, 9.17) is 0 Å². The van der Waals surface area contributed by atoms with Gasteiger partial charge in [-0.15, -0.1) is 11.8 Å². The molecule has 1 aliphatic rings. The molecule has 1 aliphatic heterocycles. The number of amides is 1. The Balaban J connectivity index is 1.89. The van der Waals surface area contributed by atoms with Gasteiger partial charge in [0.05, 0.1) is 5.69 Å². The Labute approximate surface area is 147 Å². The fourth-order valence-electron chi connectivity index (χ4n) is 2.85. The predicted molar refractivity (Wildman–Crippen MR) is 98.7 cm³/mol. The maximum Gasteiger partial charge on any atom is 0.245 e. The van der Waals surface area contributed by atoms with Crippen molar-refractivity contribution in [3.63, 3.8) is 0 Å². The lowest BCUT2D eigenvalue weighted by atomic mass is 10.1. The van der Waals surface area contributed by atoms with Crippen LogP contribution in [0, 0.1) is 0 Å². The lowest BCUT2D eigenvalue weighted by Crippen LogP contribution is -2.38. The SMILES string of the molecule is CN(C)CCCN1C(=O)C(c2ccc(O)cc2)Sc2ccccc21. The second-order valence-corrected chi connectivity index (χ2v) is 7.35. The van der Waals surface area contributed by atoms with Gasteiger partial charge in [-0.1, -0.05) is 24.3 Å². The zero-order valence-electron chi connectivity index (χ0n) is 14.0. The topological polar surface area (TPSA) is 43.8 Å². The third-order valence-electron chi connectivity index (χ3n) is 4.07. The number of carbonyl (C=O) groups is 1. The second kappa shape index (κ2) is 7.28. The summed E-state index contributed by atoms with van der Waals surface area (Å²) in [5, 5.41) is 9.23. The Morgan fingerprint density at radius 3 is 2.54 bits per heavy atom. The third kappa shape index (κ3) is 3.57. The largest absolute Gasteiger partial charge is 0.508 e. The molecule has 2 aromatic carbocycles. The maximum atomic E-state index is 13.1. The molecule has 0 saturated heterocycles. The highest BCUT2D eigenvalue weighted by Gasteiger charge is 2.34. The Kier molecular flexibility index (Phi) is 5.11. The number of benzene rings is 2. The quantitative estimate of drug-likeness (QED) is 0.903. The molecule has 1 unspecified atom stereocenters. The summed E-state index contributed by atoms with van der Waals surface area (Å²) < 4.78 is 0. The van der Waals surface area contributed by atoms with Crippen LogP contribution in [0.3, 0.4) is 0 Å². The number of nitrogens with zero attached hydrogens (tertiary/aromatic N) is 2. The van der Waals surface area contributed by atoms with Crippen LogP contribution in [0.1, 0.15) is 17.2 Å². The summed E-state index contributed by atoms with van der Waals surface area (Å²) in [5.41, 5.74) is 1.93. The minimum Gasteiger partial charge on any atom is -0.508 e. The van der Waals surface area contributed by atoms with Crippen molar-refractivity contribution in [2.24, 2.45) is 0 Å². The van der Waals surface area contributed by atoms with Crippen LogP contribution in [0.15, 0.2) is 53.4 Å². The Morgan fingerprint density at radius 1 is 1.12 bits per heavy atom. The van der Waals surface area contributed by atoms with E-state index in [-0.39, 0.29) is 16.9 Å². The van der Waals surface area contributed by atoms with Gasteiger partial charge in [0.25, 0.3) is 0 Å². The van der Waals surface area contributed by atoms with E-state index in [1.165, 1.54) is 0 Å². The van der Waals surface area contributed by atoms with Crippen molar-refractivity contribution < 1.29 is 9.90 Å². The van der Waals surface area contributed by atoms with Crippen molar-refractivity contribution in [1.82, 2.24) is 4.90 Å². The summed E-state index contributed by atoms with van der Waals surface area (Å²) in [6, 6.07) is 15.0. The molecule has 1 heterocycles. The molecule has 0 saturated carbocycles. The molecular formula is C19H22N2O2S. The van der Waals surface area contributed by atoms with E-state index in [9.17, 15) is 9.90 Å². The van der Waals surface area contributed by atoms with Gasteiger partial charge in [-0.2, -0.15) is 0 Å². The number of phenols is 1. The van der Waals surface area contributed by atoms with Crippen LogP contribution >= 0.6 is 11.8 Å². The number of para-hydroxylation sites is 1. The van der Waals surface area contributed by atoms with Crippen LogP contribution in [-0.2, 0) is 4.79 Å². The first-order chi connectivity index (χ1) is 11.6. The maximum absolute atomic E-state index is 13.1. The highest BCUT2D eigenvalue weighted by molar-refractivity contribution is 8.00. The van der Waals surface area contributed by atoms with Gasteiger partial charge in [0.2, 0.25) is 5.91 Å². The van der Waals surface area contributed by atoms with E-state index in [0.29, 0.717) is 6.54 Å². The summed E-state index contributed by atoms with van der Waals surface area (Å²) in [7, 11) is 4.09. The summed E-state index contributed by atoms with van der Waals surface area (Å²) in [5.74, 6) is 0.332. The Bertz CT molecular complexity index is 716. The van der Waals surface area contributed by atoms with Gasteiger partial charge < -0.3 is 14.9 Å². The molecule has 4 nitrogen and oxygen atoms in total. The molecule has 0 radical (unpaired) electrons. The van der Waals surface area contributed by atoms with E-state index in [2.05, 4.69) is 11.0 Å². The molecule has 0 aromatic heterocycles. The first kappa shape index (κ1) is 16.9. The van der Waals surface area contributed by atoms with Gasteiger partial charge in [0.15, 0.2) is 0 Å². The smallest absolute Gasteiger partial charge is 0.245 e. The standard InChI is InChI=1S/C19H22N2O2S/c1-20(2)12-5-13-21-16-6-3-4-7-17(16)24-18(19(21)23)14-8-10-15(22)11-9-14/h3-4,6-11,18,22H,5,12-13H2,1-2H3. The number of hydrogen-bond donors (Lipinski definition) is 1. The number of rotatable bonds is 5. The molecule has 126 valence electrons. The molecule has 1 amide bonds. The molecule has 24 heavy (non-hydrogen) atoms. The molecular weight excluding hydrogens is 320 g/mol. The zero-order valence-corrected chi connectivity index (χ0v) is 14.8. The number of thioether (sulfide) groups is 1. The summed E-state index contributed by atoms with van der Waals surface area (Å²) >= 11 is 1.58. The van der Waals surface area contributed by atoms with Crippen molar-refractivity contribution >= 4 is 23.4 Å². The zero-order chi connectivity index (χ0) is 17.1. The third-order valence-corrected chi connectivity index (χ3v) is 5.38. The highest BCUT2D eigenvalue weighted by Crippen LogP contribution is 2.46. The van der Waals surface area contributed by atoms with Crippen LogP contribution in [0.2, 0.25) is 0 Å². The molecule has 1 atom stereocenters. The molecule has 5 heteroatoms. The minimum absolute atomic E-state index is 0.114. The first-order valence-corrected chi connectivity index (χ1v) is 8.95. The van der Waals surface area contributed by atoms with Crippen molar-refractivity contribution in [2.45, 2.75) is 16.6 Å². The monoisotopic (exact) mass is 342 g/mol. The van der Waals surface area contributed by atoms with Gasteiger partial charge in [0, 0.05) is 11.4 Å². The van der Waals surface area contributed by atoms with Crippen LogP contribution in [-0.4, -0.2) is 43.1 Å². The van der Waals surface area contributed by atoms with Gasteiger partial charge in [0.1, 0.15) is 11.0 Å². The molecule has 2 aromatic rings. The van der Waals surface area contributed by atoms with E-state index in [1.54, 1.807) is 23.9 Å². The van der Waals surface area contributed by atoms with E-state index in [0.717, 1.165) is 29.1 Å². The number of aromatic hydroxyl groups is 1. The van der Waals surface area contributed by atoms with Crippen LogP contribution in [0.5, 0.6) is 5.75 Å². The van der Waals surface area contributed by atoms with Crippen molar-refractivity contribution in [3.05, 3.63) is 54.1 Å². The van der Waals surface area contributed by atoms with Crippen LogP contribution in [0.25, 0.3) is 0 Å². The van der Waals surface area contributed by atoms with Gasteiger partial charge >= 0.3 is 0 Å². The van der Waals surface area contributed by atoms with E-state index in [1.807, 2.05) is 49.3 Å². The molecule has 1 N–H and O–H groups in total. The average Bonchev–Trinajstić information content (AvgIpc) is 2.57. The highest BCUT2D eigenvalue weighted by atomic mass is 32.2. The number of phenolic OH excluding ortho intramolecular Hbond substituents is 1. The summed E-state index contributed by atoms with van der Waals surface area (Å²) in [6.45, 7) is 1.66. The fraction of sp³-hybridized carbons (Fsp3) is 0.316. The fourth-order valence-corrected chi connectivity index (χ4v) is 4.08. The predicted octanol–water partition coefficient (Wildman–Crippen LogP) is 3.52. The number of anilines is 1. The normalized spacial score (nSPS) is 17.2. The molecule has 0 fully saturated rings. The van der Waals surface area contributed by atoms with Crippen LogP contribution < -0.4 is 4.90 Å². The van der Waals surface area contributed by atoms with Crippen molar-refractivity contribution in [1.29, 1.82) is 0 Å². The Morgan fingerprint density at radius 2 is 1.83 bits per heavy atom. The number of fused-ring (bicyclic) bond motifs is 1. The van der Waals surface area contributed by atoms with Crippen molar-refractivity contribution in [3.8, 4) is 5.75 Å².